The molecule has 1 amide bonds. The summed E-state index contributed by atoms with van der Waals surface area (Å²) in [7, 11) is 0. The molecule has 0 aliphatic carbocycles. The standard InChI is InChI=1S/C18H27NO3/c1-3-4-14-22-17(21)19-12-10-18(11-13-19,15(2)20)16-8-6-5-7-9-16/h5-9,15,20H,3-4,10-14H2,1-2H3. The minimum atomic E-state index is -0.437. The molecule has 22 heavy (non-hydrogen) atoms. The number of benzene rings is 1. The zero-order valence-corrected chi connectivity index (χ0v) is 13.6. The molecule has 4 nitrogen and oxygen atoms in total. The third kappa shape index (κ3) is 3.61. The number of ether oxygens (including phenoxy) is 1. The first kappa shape index (κ1) is 16.8. The van der Waals surface area contributed by atoms with Crippen molar-refractivity contribution in [3.63, 3.8) is 0 Å². The van der Waals surface area contributed by atoms with Gasteiger partial charge in [-0.3, -0.25) is 0 Å². The Morgan fingerprint density at radius 1 is 1.32 bits per heavy atom. The van der Waals surface area contributed by atoms with Crippen LogP contribution in [0.25, 0.3) is 0 Å². The van der Waals surface area contributed by atoms with E-state index in [1.807, 2.05) is 25.1 Å². The smallest absolute Gasteiger partial charge is 0.409 e. The summed E-state index contributed by atoms with van der Waals surface area (Å²) in [4.78, 5) is 13.8. The van der Waals surface area contributed by atoms with Gasteiger partial charge in [0.05, 0.1) is 12.7 Å². The monoisotopic (exact) mass is 305 g/mol. The molecule has 1 saturated heterocycles. The molecule has 1 aromatic rings. The molecule has 1 heterocycles. The maximum Gasteiger partial charge on any atom is 0.409 e. The number of hydrogen-bond acceptors (Lipinski definition) is 3. The predicted octanol–water partition coefficient (Wildman–Crippen LogP) is 3.34. The molecule has 1 N–H and O–H groups in total. The third-order valence-corrected chi connectivity index (χ3v) is 4.79. The number of likely N-dealkylation sites (tertiary alicyclic amines) is 1. The van der Waals surface area contributed by atoms with Gasteiger partial charge in [-0.15, -0.1) is 0 Å². The zero-order chi connectivity index (χ0) is 16.0. The second-order valence-corrected chi connectivity index (χ2v) is 6.15. The highest BCUT2D eigenvalue weighted by atomic mass is 16.6. The van der Waals surface area contributed by atoms with Crippen LogP contribution in [0.2, 0.25) is 0 Å². The molecule has 4 heteroatoms. The van der Waals surface area contributed by atoms with Gasteiger partial charge < -0.3 is 14.7 Å². The van der Waals surface area contributed by atoms with Crippen molar-refractivity contribution in [2.75, 3.05) is 19.7 Å². The van der Waals surface area contributed by atoms with Crippen molar-refractivity contribution < 1.29 is 14.6 Å². The molecule has 0 aromatic heterocycles. The quantitative estimate of drug-likeness (QED) is 0.849. The van der Waals surface area contributed by atoms with E-state index in [1.165, 1.54) is 0 Å². The fraction of sp³-hybridized carbons (Fsp3) is 0.611. The first-order chi connectivity index (χ1) is 10.6. The van der Waals surface area contributed by atoms with Gasteiger partial charge in [0.2, 0.25) is 0 Å². The topological polar surface area (TPSA) is 49.8 Å². The molecule has 1 fully saturated rings. The Balaban J connectivity index is 2.00. The van der Waals surface area contributed by atoms with Crippen molar-refractivity contribution in [1.29, 1.82) is 0 Å². The highest BCUT2D eigenvalue weighted by molar-refractivity contribution is 5.67. The molecule has 1 aromatic carbocycles. The van der Waals surface area contributed by atoms with Gasteiger partial charge in [-0.05, 0) is 31.7 Å². The maximum atomic E-state index is 12.0. The molecule has 122 valence electrons. The number of rotatable bonds is 5. The largest absolute Gasteiger partial charge is 0.449 e. The van der Waals surface area contributed by atoms with Gasteiger partial charge in [0.1, 0.15) is 0 Å². The number of aliphatic hydroxyl groups is 1. The maximum absolute atomic E-state index is 12.0. The molecule has 2 rings (SSSR count). The number of aliphatic hydroxyl groups excluding tert-OH is 1. The van der Waals surface area contributed by atoms with E-state index in [-0.39, 0.29) is 11.5 Å². The Morgan fingerprint density at radius 2 is 1.95 bits per heavy atom. The minimum Gasteiger partial charge on any atom is -0.449 e. The Hall–Kier alpha value is -1.55. The van der Waals surface area contributed by atoms with Gasteiger partial charge in [-0.2, -0.15) is 0 Å². The Labute approximate surface area is 133 Å². The van der Waals surface area contributed by atoms with E-state index >= 15 is 0 Å². The van der Waals surface area contributed by atoms with Crippen LogP contribution in [0.4, 0.5) is 4.79 Å². The molecule has 0 radical (unpaired) electrons. The Bertz CT molecular complexity index is 464. The molecular formula is C18H27NO3. The van der Waals surface area contributed by atoms with Crippen LogP contribution in [0.3, 0.4) is 0 Å². The van der Waals surface area contributed by atoms with Crippen LogP contribution >= 0.6 is 0 Å². The van der Waals surface area contributed by atoms with Crippen molar-refractivity contribution in [1.82, 2.24) is 4.90 Å². The Morgan fingerprint density at radius 3 is 2.50 bits per heavy atom. The summed E-state index contributed by atoms with van der Waals surface area (Å²) in [5.74, 6) is 0. The summed E-state index contributed by atoms with van der Waals surface area (Å²) in [6.07, 6.45) is 2.79. The Kier molecular flexibility index (Phi) is 5.83. The second kappa shape index (κ2) is 7.63. The number of piperidine rings is 1. The fourth-order valence-electron chi connectivity index (χ4n) is 3.20. The van der Waals surface area contributed by atoms with Crippen LogP contribution in [-0.2, 0) is 10.2 Å². The SMILES string of the molecule is CCCCOC(=O)N1CCC(c2ccccc2)(C(C)O)CC1. The van der Waals surface area contributed by atoms with Crippen LogP contribution in [0.5, 0.6) is 0 Å². The summed E-state index contributed by atoms with van der Waals surface area (Å²) in [5, 5.41) is 10.3. The van der Waals surface area contributed by atoms with Crippen molar-refractivity contribution in [3.05, 3.63) is 35.9 Å². The van der Waals surface area contributed by atoms with Crippen molar-refractivity contribution in [2.45, 2.75) is 51.0 Å². The number of carbonyl (C=O) groups is 1. The fourth-order valence-corrected chi connectivity index (χ4v) is 3.20. The van der Waals surface area contributed by atoms with E-state index in [4.69, 9.17) is 4.74 Å². The van der Waals surface area contributed by atoms with E-state index in [9.17, 15) is 9.90 Å². The van der Waals surface area contributed by atoms with E-state index < -0.39 is 6.10 Å². The molecule has 0 spiro atoms. The van der Waals surface area contributed by atoms with Crippen molar-refractivity contribution in [2.24, 2.45) is 0 Å². The van der Waals surface area contributed by atoms with Gasteiger partial charge in [-0.1, -0.05) is 43.7 Å². The lowest BCUT2D eigenvalue weighted by molar-refractivity contribution is 0.0337. The third-order valence-electron chi connectivity index (χ3n) is 4.79. The van der Waals surface area contributed by atoms with Gasteiger partial charge in [0.25, 0.3) is 0 Å². The lowest BCUT2D eigenvalue weighted by Crippen LogP contribution is -2.50. The molecular weight excluding hydrogens is 278 g/mol. The number of unbranched alkanes of at least 4 members (excludes halogenated alkanes) is 1. The van der Waals surface area contributed by atoms with Crippen LogP contribution in [0.15, 0.2) is 30.3 Å². The van der Waals surface area contributed by atoms with Crippen molar-refractivity contribution in [3.8, 4) is 0 Å². The summed E-state index contributed by atoms with van der Waals surface area (Å²) in [6.45, 7) is 5.68. The average molecular weight is 305 g/mol. The first-order valence-electron chi connectivity index (χ1n) is 8.25. The average Bonchev–Trinajstić information content (AvgIpc) is 2.55. The summed E-state index contributed by atoms with van der Waals surface area (Å²) < 4.78 is 5.28. The van der Waals surface area contributed by atoms with Crippen LogP contribution in [0, 0.1) is 0 Å². The predicted molar refractivity (Wildman–Crippen MR) is 86.9 cm³/mol. The highest BCUT2D eigenvalue weighted by Gasteiger charge is 2.41. The zero-order valence-electron chi connectivity index (χ0n) is 13.6. The summed E-state index contributed by atoms with van der Waals surface area (Å²) >= 11 is 0. The molecule has 1 atom stereocenters. The van der Waals surface area contributed by atoms with Crippen molar-refractivity contribution >= 4 is 6.09 Å². The van der Waals surface area contributed by atoms with Crippen LogP contribution in [-0.4, -0.2) is 41.9 Å². The molecule has 1 unspecified atom stereocenters. The number of carbonyl (C=O) groups excluding carboxylic acids is 1. The number of nitrogens with zero attached hydrogens (tertiary/aromatic N) is 1. The second-order valence-electron chi connectivity index (χ2n) is 6.15. The molecule has 0 bridgehead atoms. The number of amides is 1. The normalized spacial score (nSPS) is 18.8. The van der Waals surface area contributed by atoms with Crippen LogP contribution < -0.4 is 0 Å². The molecule has 1 aliphatic rings. The summed E-state index contributed by atoms with van der Waals surface area (Å²) in [5.41, 5.74) is 0.894. The van der Waals surface area contributed by atoms with E-state index in [0.717, 1.165) is 31.2 Å². The van der Waals surface area contributed by atoms with Gasteiger partial charge in [0.15, 0.2) is 0 Å². The van der Waals surface area contributed by atoms with E-state index in [1.54, 1.807) is 4.90 Å². The lowest BCUT2D eigenvalue weighted by Gasteiger charge is -2.43. The molecule has 0 saturated carbocycles. The first-order valence-corrected chi connectivity index (χ1v) is 8.25. The van der Waals surface area contributed by atoms with Gasteiger partial charge >= 0.3 is 6.09 Å². The number of hydrogen-bond donors (Lipinski definition) is 1. The highest BCUT2D eigenvalue weighted by Crippen LogP contribution is 2.38. The molecule has 1 aliphatic heterocycles. The van der Waals surface area contributed by atoms with Gasteiger partial charge in [0, 0.05) is 18.5 Å². The van der Waals surface area contributed by atoms with E-state index in [0.29, 0.717) is 19.7 Å². The minimum absolute atomic E-state index is 0.222. The van der Waals surface area contributed by atoms with E-state index in [2.05, 4.69) is 19.1 Å². The van der Waals surface area contributed by atoms with Crippen LogP contribution in [0.1, 0.15) is 45.1 Å². The lowest BCUT2D eigenvalue weighted by atomic mass is 9.69. The van der Waals surface area contributed by atoms with Gasteiger partial charge in [-0.25, -0.2) is 4.79 Å². The summed E-state index contributed by atoms with van der Waals surface area (Å²) in [6, 6.07) is 10.1.